The fraction of sp³-hybridized carbons (Fsp3) is 0.200. The van der Waals surface area contributed by atoms with Crippen molar-refractivity contribution in [2.75, 3.05) is 0 Å². The summed E-state index contributed by atoms with van der Waals surface area (Å²) < 4.78 is 8.16. The molecule has 0 radical (unpaired) electrons. The molecule has 0 spiro atoms. The van der Waals surface area contributed by atoms with Gasteiger partial charge in [-0.3, -0.25) is 9.36 Å². The van der Waals surface area contributed by atoms with E-state index >= 15 is 0 Å². The highest BCUT2D eigenvalue weighted by molar-refractivity contribution is 7.37. The number of hydrogen-bond donors (Lipinski definition) is 0. The van der Waals surface area contributed by atoms with Gasteiger partial charge in [-0.05, 0) is 33.3 Å². The maximum absolute atomic E-state index is 11.3. The van der Waals surface area contributed by atoms with Crippen molar-refractivity contribution in [3.05, 3.63) is 72.3 Å². The fourth-order valence-electron chi connectivity index (χ4n) is 4.80. The first kappa shape index (κ1) is 24.5. The van der Waals surface area contributed by atoms with E-state index in [-0.39, 0.29) is 0 Å². The van der Waals surface area contributed by atoms with E-state index in [1.165, 1.54) is 34.7 Å². The van der Waals surface area contributed by atoms with Gasteiger partial charge < -0.3 is 0 Å². The molecule has 0 amide bonds. The molecule has 0 fully saturated rings. The van der Waals surface area contributed by atoms with Crippen molar-refractivity contribution in [3.8, 4) is 17.1 Å². The van der Waals surface area contributed by atoms with Gasteiger partial charge in [0.25, 0.3) is 0 Å². The highest BCUT2D eigenvalue weighted by Crippen LogP contribution is 2.43. The molecule has 3 heterocycles. The van der Waals surface area contributed by atoms with Crippen molar-refractivity contribution < 1.29 is 4.79 Å². The summed E-state index contributed by atoms with van der Waals surface area (Å²) in [5.74, 6) is 0.911. The van der Waals surface area contributed by atoms with Gasteiger partial charge in [-0.15, -0.1) is 22.7 Å². The minimum atomic E-state index is -1.52. The SMILES string of the molecule is C[Si](C)(C)c1cc2c3nc(-c4ccc(C=O)cc4)n(-c4ccccc4)c3c3cc([Si](C)(C)C)sc3c2s1. The molecule has 0 aliphatic heterocycles. The molecule has 0 N–H and O–H groups in total. The smallest absolute Gasteiger partial charge is 0.150 e. The van der Waals surface area contributed by atoms with Crippen LogP contribution in [-0.4, -0.2) is 32.0 Å². The van der Waals surface area contributed by atoms with E-state index < -0.39 is 16.1 Å². The molecular weight excluding hydrogens is 525 g/mol. The molecule has 0 aliphatic rings. The van der Waals surface area contributed by atoms with Crippen LogP contribution in [0.25, 0.3) is 48.3 Å². The Balaban J connectivity index is 1.82. The van der Waals surface area contributed by atoms with E-state index in [0.29, 0.717) is 5.56 Å². The maximum atomic E-state index is 11.3. The summed E-state index contributed by atoms with van der Waals surface area (Å²) in [4.78, 5) is 16.7. The molecule has 3 nitrogen and oxygen atoms in total. The largest absolute Gasteiger partial charge is 0.298 e. The lowest BCUT2D eigenvalue weighted by Gasteiger charge is -2.12. The van der Waals surface area contributed by atoms with E-state index in [2.05, 4.69) is 86.3 Å². The van der Waals surface area contributed by atoms with Gasteiger partial charge in [-0.1, -0.05) is 81.7 Å². The number of aldehydes is 1. The summed E-state index contributed by atoms with van der Waals surface area (Å²) in [6, 6.07) is 23.2. The fourth-order valence-corrected chi connectivity index (χ4v) is 11.0. The van der Waals surface area contributed by atoms with Crippen molar-refractivity contribution >= 4 is 85.3 Å². The van der Waals surface area contributed by atoms with E-state index in [1.807, 2.05) is 46.9 Å². The summed E-state index contributed by atoms with van der Waals surface area (Å²) in [7, 11) is -3.02. The molecule has 0 bridgehead atoms. The number of aromatic nitrogens is 2. The lowest BCUT2D eigenvalue weighted by Crippen LogP contribution is -2.34. The van der Waals surface area contributed by atoms with Crippen LogP contribution in [0.15, 0.2) is 66.7 Å². The first-order chi connectivity index (χ1) is 17.6. The number of para-hydroxylation sites is 1. The summed E-state index contributed by atoms with van der Waals surface area (Å²) >= 11 is 3.98. The van der Waals surface area contributed by atoms with Crippen LogP contribution < -0.4 is 9.00 Å². The Kier molecular flexibility index (Phi) is 5.69. The monoisotopic (exact) mass is 554 g/mol. The van der Waals surface area contributed by atoms with Crippen LogP contribution in [-0.2, 0) is 0 Å². The second kappa shape index (κ2) is 8.59. The lowest BCUT2D eigenvalue weighted by molar-refractivity contribution is 0.112. The summed E-state index contributed by atoms with van der Waals surface area (Å²) in [5, 5.41) is 2.58. The number of nitrogens with zero attached hydrogens (tertiary/aromatic N) is 2. The molecule has 6 rings (SSSR count). The Labute approximate surface area is 227 Å². The number of hydrogen-bond acceptors (Lipinski definition) is 4. The predicted octanol–water partition coefficient (Wildman–Crippen LogP) is 8.02. The normalized spacial score (nSPS) is 12.7. The van der Waals surface area contributed by atoms with Gasteiger partial charge in [0.05, 0.1) is 36.6 Å². The molecule has 6 aromatic rings. The van der Waals surface area contributed by atoms with Crippen LogP contribution in [0.3, 0.4) is 0 Å². The Morgan fingerprint density at radius 2 is 1.32 bits per heavy atom. The standard InChI is InChI=1S/C30H30N2OS2Si2/c1-36(2,3)24-16-22-26-27(23-17-25(37(4,5)6)35-29(23)28(22)34-24)32(21-10-8-7-9-11-21)30(31-26)20-14-12-19(18-33)13-15-20/h7-18H,1-6H3. The van der Waals surface area contributed by atoms with E-state index in [9.17, 15) is 4.79 Å². The molecule has 37 heavy (non-hydrogen) atoms. The molecule has 0 saturated carbocycles. The van der Waals surface area contributed by atoms with Gasteiger partial charge in [-0.25, -0.2) is 4.98 Å². The highest BCUT2D eigenvalue weighted by Gasteiger charge is 2.28. The van der Waals surface area contributed by atoms with E-state index in [0.717, 1.165) is 28.9 Å². The third-order valence-electron chi connectivity index (χ3n) is 6.86. The van der Waals surface area contributed by atoms with Crippen LogP contribution in [0.5, 0.6) is 0 Å². The molecule has 0 unspecified atom stereocenters. The van der Waals surface area contributed by atoms with E-state index in [1.54, 1.807) is 0 Å². The van der Waals surface area contributed by atoms with Gasteiger partial charge in [0.2, 0.25) is 0 Å². The second-order valence-corrected chi connectivity index (χ2v) is 24.7. The number of fused-ring (bicyclic) bond motifs is 6. The number of carbonyl (C=O) groups is 1. The van der Waals surface area contributed by atoms with Gasteiger partial charge in [0.1, 0.15) is 12.1 Å². The predicted molar refractivity (Wildman–Crippen MR) is 169 cm³/mol. The Morgan fingerprint density at radius 1 is 0.757 bits per heavy atom. The third kappa shape index (κ3) is 4.05. The second-order valence-electron chi connectivity index (χ2n) is 11.8. The van der Waals surface area contributed by atoms with Crippen molar-refractivity contribution in [2.24, 2.45) is 0 Å². The zero-order chi connectivity index (χ0) is 26.1. The topological polar surface area (TPSA) is 34.9 Å². The average molecular weight is 555 g/mol. The van der Waals surface area contributed by atoms with Crippen LogP contribution in [0, 0.1) is 0 Å². The molecule has 7 heteroatoms. The van der Waals surface area contributed by atoms with Crippen molar-refractivity contribution in [1.29, 1.82) is 0 Å². The van der Waals surface area contributed by atoms with Crippen molar-refractivity contribution in [3.63, 3.8) is 0 Å². The minimum Gasteiger partial charge on any atom is -0.298 e. The third-order valence-corrected chi connectivity index (χ3v) is 16.4. The molecule has 3 aromatic heterocycles. The lowest BCUT2D eigenvalue weighted by atomic mass is 10.1. The van der Waals surface area contributed by atoms with Crippen LogP contribution >= 0.6 is 22.7 Å². The molecule has 3 aromatic carbocycles. The van der Waals surface area contributed by atoms with Crippen LogP contribution in [0.4, 0.5) is 0 Å². The number of carbonyl (C=O) groups excluding carboxylic acids is 1. The number of rotatable bonds is 5. The van der Waals surface area contributed by atoms with E-state index in [4.69, 9.17) is 4.98 Å². The molecule has 0 atom stereocenters. The van der Waals surface area contributed by atoms with Gasteiger partial charge in [0.15, 0.2) is 0 Å². The molecule has 186 valence electrons. The maximum Gasteiger partial charge on any atom is 0.150 e. The molecular formula is C30H30N2OS2Si2. The summed E-state index contributed by atoms with van der Waals surface area (Å²) in [6.07, 6.45) is 0.892. The van der Waals surface area contributed by atoms with Gasteiger partial charge in [0, 0.05) is 27.6 Å². The zero-order valence-electron chi connectivity index (χ0n) is 22.0. The molecule has 0 saturated heterocycles. The first-order valence-electron chi connectivity index (χ1n) is 12.6. The highest BCUT2D eigenvalue weighted by atomic mass is 32.1. The number of imidazole rings is 1. The number of thiophene rings is 2. The quantitative estimate of drug-likeness (QED) is 0.160. The van der Waals surface area contributed by atoms with Crippen LogP contribution in [0.2, 0.25) is 39.3 Å². The average Bonchev–Trinajstić information content (AvgIpc) is 3.58. The molecule has 0 aliphatic carbocycles. The Bertz CT molecular complexity index is 1800. The van der Waals surface area contributed by atoms with Gasteiger partial charge >= 0.3 is 0 Å². The first-order valence-corrected chi connectivity index (χ1v) is 21.2. The number of benzene rings is 3. The Morgan fingerprint density at radius 3 is 1.89 bits per heavy atom. The Hall–Kier alpha value is -2.85. The summed E-state index contributed by atoms with van der Waals surface area (Å²) in [6.45, 7) is 14.6. The zero-order valence-corrected chi connectivity index (χ0v) is 25.7. The van der Waals surface area contributed by atoms with Gasteiger partial charge in [-0.2, -0.15) is 0 Å². The summed E-state index contributed by atoms with van der Waals surface area (Å²) in [5.41, 5.74) is 5.03. The van der Waals surface area contributed by atoms with Crippen molar-refractivity contribution in [1.82, 2.24) is 9.55 Å². The minimum absolute atomic E-state index is 0.672. The van der Waals surface area contributed by atoms with Crippen molar-refractivity contribution in [2.45, 2.75) is 39.3 Å². The van der Waals surface area contributed by atoms with Crippen LogP contribution in [0.1, 0.15) is 10.4 Å².